The highest BCUT2D eigenvalue weighted by Gasteiger charge is 2.28. The average molecular weight is 463 g/mol. The number of carbonyl (C=O) groups excluding carboxylic acids is 2. The van der Waals surface area contributed by atoms with Crippen LogP contribution in [0.3, 0.4) is 0 Å². The Labute approximate surface area is 182 Å². The summed E-state index contributed by atoms with van der Waals surface area (Å²) < 4.78 is 38.5. The molecule has 11 nitrogen and oxygen atoms in total. The van der Waals surface area contributed by atoms with E-state index in [4.69, 9.17) is 16.5 Å². The third-order valence-electron chi connectivity index (χ3n) is 4.66. The minimum atomic E-state index is -3.72. The number of nitrogens with zero attached hydrogens (tertiary/aromatic N) is 2. The molecule has 0 fully saturated rings. The number of benzene rings is 1. The zero-order chi connectivity index (χ0) is 23.6. The number of hydrogen-bond acceptors (Lipinski definition) is 7. The molecule has 0 saturated carbocycles. The number of H-pyrrole nitrogens is 1. The van der Waals surface area contributed by atoms with E-state index in [0.29, 0.717) is 5.39 Å². The lowest BCUT2D eigenvalue weighted by molar-refractivity contribution is -0.345. The zero-order valence-corrected chi connectivity index (χ0v) is 17.9. The first-order valence-electron chi connectivity index (χ1n) is 9.06. The van der Waals surface area contributed by atoms with Gasteiger partial charge in [0.2, 0.25) is 21.7 Å². The quantitative estimate of drug-likeness (QED) is 0.409. The van der Waals surface area contributed by atoms with E-state index in [1.807, 2.05) is 0 Å². The Balaban J connectivity index is 2.07. The fourth-order valence-electron chi connectivity index (χ4n) is 3.00. The molecule has 1 aromatic carbocycles. The van der Waals surface area contributed by atoms with Crippen molar-refractivity contribution in [1.29, 1.82) is 0 Å². The van der Waals surface area contributed by atoms with E-state index in [1.165, 1.54) is 19.3 Å². The molecule has 0 atom stereocenters. The number of halogens is 1. The Kier molecular flexibility index (Phi) is 6.23. The summed E-state index contributed by atoms with van der Waals surface area (Å²) in [4.78, 5) is 36.4. The number of carbonyl (C=O) groups is 2. The van der Waals surface area contributed by atoms with E-state index in [1.54, 1.807) is 12.1 Å². The number of sulfonamides is 1. The van der Waals surface area contributed by atoms with Gasteiger partial charge < -0.3 is 15.9 Å². The van der Waals surface area contributed by atoms with Gasteiger partial charge in [-0.15, -0.1) is 0 Å². The maximum absolute atomic E-state index is 13.4. The Bertz CT molecular complexity index is 1330. The molecule has 0 unspecified atom stereocenters. The van der Waals surface area contributed by atoms with Gasteiger partial charge in [0.25, 0.3) is 11.4 Å². The summed E-state index contributed by atoms with van der Waals surface area (Å²) in [5, 5.41) is 2.87. The number of anilines is 1. The van der Waals surface area contributed by atoms with Crippen molar-refractivity contribution in [3.8, 4) is 5.75 Å². The molecule has 32 heavy (non-hydrogen) atoms. The van der Waals surface area contributed by atoms with Gasteiger partial charge in [0.1, 0.15) is 5.82 Å². The van der Waals surface area contributed by atoms with Crippen molar-refractivity contribution in [1.82, 2.24) is 10.3 Å². The topological polar surface area (TPSA) is 172 Å². The monoisotopic (exact) mass is 463 g/mol. The molecule has 0 bridgehead atoms. The van der Waals surface area contributed by atoms with E-state index in [2.05, 4.69) is 15.3 Å². The van der Waals surface area contributed by atoms with Gasteiger partial charge in [0.15, 0.2) is 17.7 Å². The summed E-state index contributed by atoms with van der Waals surface area (Å²) in [6.07, 6.45) is 2.52. The number of amides is 2. The second kappa shape index (κ2) is 8.72. The van der Waals surface area contributed by atoms with Gasteiger partial charge in [-0.05, 0) is 23.8 Å². The van der Waals surface area contributed by atoms with Crippen LogP contribution < -0.4 is 31.1 Å². The lowest BCUT2D eigenvalue weighted by Crippen LogP contribution is -2.30. The molecule has 2 amide bonds. The number of nitrogens with two attached hydrogens (primary N) is 2. The number of primary amides is 1. The predicted molar refractivity (Wildman–Crippen MR) is 112 cm³/mol. The molecule has 3 aromatic rings. The number of nitrogens with one attached hydrogen (secondary N) is 2. The van der Waals surface area contributed by atoms with Crippen LogP contribution in [0.1, 0.15) is 26.4 Å². The van der Waals surface area contributed by atoms with Gasteiger partial charge in [-0.25, -0.2) is 22.8 Å². The van der Waals surface area contributed by atoms with E-state index in [9.17, 15) is 22.4 Å². The van der Waals surface area contributed by atoms with Gasteiger partial charge in [-0.1, -0.05) is 6.07 Å². The highest BCUT2D eigenvalue weighted by Crippen LogP contribution is 2.32. The molecule has 0 aliphatic heterocycles. The Morgan fingerprint density at radius 2 is 2.03 bits per heavy atom. The Morgan fingerprint density at radius 3 is 2.66 bits per heavy atom. The SMILES string of the molecule is CN(c1nc(C(=O)NCc2ccc(F)cc2C(N)=O)c(ON)c2[nH+]cccc12)S(C)(=O)=O. The fraction of sp³-hybridized carbons (Fsp3) is 0.158. The second-order valence-electron chi connectivity index (χ2n) is 6.77. The van der Waals surface area contributed by atoms with Crippen molar-refractivity contribution in [2.24, 2.45) is 11.6 Å². The van der Waals surface area contributed by atoms with Crippen molar-refractivity contribution >= 4 is 38.6 Å². The predicted octanol–water partition coefficient (Wildman–Crippen LogP) is -0.135. The highest BCUT2D eigenvalue weighted by atomic mass is 32.2. The molecule has 0 aliphatic rings. The van der Waals surface area contributed by atoms with Crippen molar-refractivity contribution < 1.29 is 32.2 Å². The van der Waals surface area contributed by atoms with Crippen LogP contribution in [0.5, 0.6) is 5.75 Å². The Morgan fingerprint density at radius 1 is 1.31 bits per heavy atom. The van der Waals surface area contributed by atoms with Crippen molar-refractivity contribution in [3.63, 3.8) is 0 Å². The lowest BCUT2D eigenvalue weighted by Gasteiger charge is -2.18. The van der Waals surface area contributed by atoms with Crippen LogP contribution in [0, 0.1) is 5.82 Å². The second-order valence-corrected chi connectivity index (χ2v) is 8.78. The van der Waals surface area contributed by atoms with Gasteiger partial charge in [0.05, 0.1) is 11.6 Å². The summed E-state index contributed by atoms with van der Waals surface area (Å²) in [6, 6.07) is 6.58. The molecule has 2 aromatic heterocycles. The highest BCUT2D eigenvalue weighted by molar-refractivity contribution is 7.92. The largest absolute Gasteiger partial charge is 0.402 e. The number of fused-ring (bicyclic) bond motifs is 1. The normalized spacial score (nSPS) is 11.2. The van der Waals surface area contributed by atoms with E-state index in [0.717, 1.165) is 22.7 Å². The lowest BCUT2D eigenvalue weighted by atomic mass is 10.1. The minimum Gasteiger partial charge on any atom is -0.402 e. The summed E-state index contributed by atoms with van der Waals surface area (Å²) in [6.45, 7) is -0.198. The number of hydrogen-bond donors (Lipinski definition) is 3. The van der Waals surface area contributed by atoms with Gasteiger partial charge in [0, 0.05) is 25.2 Å². The molecular formula is C19H20FN6O5S+. The van der Waals surface area contributed by atoms with Crippen molar-refractivity contribution in [2.75, 3.05) is 17.6 Å². The van der Waals surface area contributed by atoms with Crippen molar-refractivity contribution in [3.05, 3.63) is 59.2 Å². The van der Waals surface area contributed by atoms with Gasteiger partial charge >= 0.3 is 0 Å². The zero-order valence-electron chi connectivity index (χ0n) is 17.0. The van der Waals surface area contributed by atoms with Crippen LogP contribution in [-0.2, 0) is 16.6 Å². The molecule has 0 radical (unpaired) electrons. The van der Waals surface area contributed by atoms with E-state index in [-0.39, 0.29) is 40.4 Å². The molecule has 0 saturated heterocycles. The molecule has 0 spiro atoms. The van der Waals surface area contributed by atoms with Crippen molar-refractivity contribution in [2.45, 2.75) is 6.54 Å². The fourth-order valence-corrected chi connectivity index (χ4v) is 3.46. The molecule has 0 aliphatic carbocycles. The Hall–Kier alpha value is -3.84. The van der Waals surface area contributed by atoms with Gasteiger partial charge in [-0.2, -0.15) is 5.90 Å². The molecule has 3 rings (SSSR count). The average Bonchev–Trinajstić information content (AvgIpc) is 2.75. The maximum atomic E-state index is 13.4. The van der Waals surface area contributed by atoms with Crippen LogP contribution >= 0.6 is 0 Å². The van der Waals surface area contributed by atoms with Crippen LogP contribution in [0.2, 0.25) is 0 Å². The first kappa shape index (κ1) is 22.8. The number of pyridine rings is 2. The number of aromatic amines is 1. The summed E-state index contributed by atoms with van der Waals surface area (Å²) in [5.74, 6) is 2.91. The first-order chi connectivity index (χ1) is 15.0. The third kappa shape index (κ3) is 4.43. The van der Waals surface area contributed by atoms with Crippen LogP contribution in [0.25, 0.3) is 10.9 Å². The molecule has 13 heteroatoms. The maximum Gasteiger partial charge on any atom is 0.274 e. The first-order valence-corrected chi connectivity index (χ1v) is 10.9. The number of rotatable bonds is 7. The van der Waals surface area contributed by atoms with E-state index < -0.39 is 27.7 Å². The molecular weight excluding hydrogens is 443 g/mol. The van der Waals surface area contributed by atoms with Gasteiger partial charge in [-0.3, -0.25) is 13.9 Å². The molecule has 2 heterocycles. The molecule has 6 N–H and O–H groups in total. The molecule has 168 valence electrons. The summed E-state index contributed by atoms with van der Waals surface area (Å²) >= 11 is 0. The van der Waals surface area contributed by atoms with Crippen LogP contribution in [0.4, 0.5) is 10.2 Å². The third-order valence-corrected chi connectivity index (χ3v) is 5.83. The number of aromatic nitrogens is 2. The smallest absolute Gasteiger partial charge is 0.274 e. The summed E-state index contributed by atoms with van der Waals surface area (Å²) in [5.41, 5.74) is 5.36. The standard InChI is InChI=1S/C19H19FN6O5S/c1-26(32(2,29)30)18-12-4-3-7-23-14(12)16(31-22)15(25-18)19(28)24-9-10-5-6-11(20)8-13(10)17(21)27/h3-8H,9,22H2,1-2H3,(H2,21,27)(H,24,28)/p+1. The van der Waals surface area contributed by atoms with Crippen LogP contribution in [-0.4, -0.2) is 38.5 Å². The van der Waals surface area contributed by atoms with Crippen LogP contribution in [0.15, 0.2) is 36.5 Å². The van der Waals surface area contributed by atoms with E-state index >= 15 is 0 Å². The summed E-state index contributed by atoms with van der Waals surface area (Å²) in [7, 11) is -2.43. The minimum absolute atomic E-state index is 0.0371.